The van der Waals surface area contributed by atoms with E-state index in [4.69, 9.17) is 0 Å². The zero-order valence-corrected chi connectivity index (χ0v) is 16.0. The Labute approximate surface area is 158 Å². The summed E-state index contributed by atoms with van der Waals surface area (Å²) < 4.78 is 45.4. The first-order valence-corrected chi connectivity index (χ1v) is 10.3. The molecule has 10 heteroatoms. The first-order chi connectivity index (χ1) is 12.9. The predicted molar refractivity (Wildman–Crippen MR) is 96.4 cm³/mol. The Morgan fingerprint density at radius 1 is 1.15 bits per heavy atom. The summed E-state index contributed by atoms with van der Waals surface area (Å²) in [4.78, 5) is 22.8. The maximum Gasteiger partial charge on any atom is 0.407 e. The van der Waals surface area contributed by atoms with Crippen LogP contribution in [0.1, 0.15) is 36.5 Å². The van der Waals surface area contributed by atoms with E-state index in [2.05, 4.69) is 15.4 Å². The van der Waals surface area contributed by atoms with Crippen LogP contribution in [0.5, 0.6) is 0 Å². The molecule has 2 rings (SSSR count). The molecule has 8 nitrogen and oxygen atoms in total. The second-order valence-electron chi connectivity index (χ2n) is 6.01. The van der Waals surface area contributed by atoms with Gasteiger partial charge in [0.1, 0.15) is 10.7 Å². The van der Waals surface area contributed by atoms with Crippen molar-refractivity contribution in [1.29, 1.82) is 0 Å². The molecule has 1 aromatic carbocycles. The molecule has 0 saturated carbocycles. The molecule has 0 radical (unpaired) electrons. The predicted octanol–water partition coefficient (Wildman–Crippen LogP) is 1.48. The van der Waals surface area contributed by atoms with Crippen molar-refractivity contribution in [3.05, 3.63) is 29.6 Å². The Balaban J connectivity index is 2.03. The van der Waals surface area contributed by atoms with E-state index in [-0.39, 0.29) is 25.3 Å². The Morgan fingerprint density at radius 2 is 1.81 bits per heavy atom. The summed E-state index contributed by atoms with van der Waals surface area (Å²) in [6.45, 7) is 2.86. The Hall–Kier alpha value is -2.20. The van der Waals surface area contributed by atoms with E-state index in [9.17, 15) is 22.4 Å². The normalized spacial score (nSPS) is 15.2. The topological polar surface area (TPSA) is 105 Å². The van der Waals surface area contributed by atoms with Crippen LogP contribution in [-0.2, 0) is 14.8 Å². The van der Waals surface area contributed by atoms with Crippen molar-refractivity contribution in [2.24, 2.45) is 0 Å². The van der Waals surface area contributed by atoms with Crippen molar-refractivity contribution < 1.29 is 27.1 Å². The van der Waals surface area contributed by atoms with Gasteiger partial charge < -0.3 is 15.4 Å². The zero-order chi connectivity index (χ0) is 19.9. The SMILES string of the molecule is CCOC(=O)NCCNC(=O)c1ccc(F)c(S(=O)(=O)N2CCCCC2)c1. The van der Waals surface area contributed by atoms with Gasteiger partial charge in [0.15, 0.2) is 0 Å². The van der Waals surface area contributed by atoms with Crippen LogP contribution in [0.25, 0.3) is 0 Å². The van der Waals surface area contributed by atoms with E-state index in [0.717, 1.165) is 31.4 Å². The number of carbonyl (C=O) groups excluding carboxylic acids is 2. The smallest absolute Gasteiger partial charge is 0.407 e. The number of nitrogens with one attached hydrogen (secondary N) is 2. The highest BCUT2D eigenvalue weighted by Crippen LogP contribution is 2.23. The molecule has 0 atom stereocenters. The molecule has 0 aliphatic carbocycles. The van der Waals surface area contributed by atoms with Crippen molar-refractivity contribution in [2.75, 3.05) is 32.8 Å². The lowest BCUT2D eigenvalue weighted by atomic mass is 10.2. The number of amides is 2. The first-order valence-electron chi connectivity index (χ1n) is 8.84. The average Bonchev–Trinajstić information content (AvgIpc) is 2.66. The third-order valence-electron chi connectivity index (χ3n) is 4.08. The molecule has 1 aliphatic heterocycles. The molecular formula is C17H24FN3O5S. The molecule has 2 amide bonds. The molecule has 1 fully saturated rings. The largest absolute Gasteiger partial charge is 0.450 e. The highest BCUT2D eigenvalue weighted by atomic mass is 32.2. The molecule has 1 heterocycles. The maximum atomic E-state index is 14.2. The van der Waals surface area contributed by atoms with Crippen molar-refractivity contribution in [3.8, 4) is 0 Å². The minimum atomic E-state index is -3.99. The molecule has 1 saturated heterocycles. The Kier molecular flexibility index (Phi) is 7.55. The van der Waals surface area contributed by atoms with Crippen molar-refractivity contribution in [3.63, 3.8) is 0 Å². The van der Waals surface area contributed by atoms with Crippen LogP contribution in [-0.4, -0.2) is 57.5 Å². The van der Waals surface area contributed by atoms with Gasteiger partial charge in [-0.1, -0.05) is 6.42 Å². The molecule has 1 aliphatic rings. The van der Waals surface area contributed by atoms with E-state index < -0.39 is 32.7 Å². The summed E-state index contributed by atoms with van der Waals surface area (Å²) in [6.07, 6.45) is 1.81. The van der Waals surface area contributed by atoms with Gasteiger partial charge in [0.05, 0.1) is 6.61 Å². The van der Waals surface area contributed by atoms with E-state index in [1.165, 1.54) is 10.4 Å². The van der Waals surface area contributed by atoms with Gasteiger partial charge in [-0.3, -0.25) is 4.79 Å². The van der Waals surface area contributed by atoms with Crippen LogP contribution in [0, 0.1) is 5.82 Å². The molecule has 0 aromatic heterocycles. The average molecular weight is 401 g/mol. The van der Waals surface area contributed by atoms with E-state index >= 15 is 0 Å². The van der Waals surface area contributed by atoms with Gasteiger partial charge in [-0.2, -0.15) is 4.31 Å². The van der Waals surface area contributed by atoms with Crippen LogP contribution in [0.4, 0.5) is 9.18 Å². The first kappa shape index (κ1) is 21.1. The van der Waals surface area contributed by atoms with Gasteiger partial charge >= 0.3 is 6.09 Å². The lowest BCUT2D eigenvalue weighted by molar-refractivity contribution is 0.0952. The number of alkyl carbamates (subject to hydrolysis) is 1. The number of rotatable bonds is 7. The summed E-state index contributed by atoms with van der Waals surface area (Å²) in [5.41, 5.74) is 0.0307. The Bertz CT molecular complexity index is 779. The van der Waals surface area contributed by atoms with Crippen LogP contribution >= 0.6 is 0 Å². The number of sulfonamides is 1. The highest BCUT2D eigenvalue weighted by Gasteiger charge is 2.29. The highest BCUT2D eigenvalue weighted by molar-refractivity contribution is 7.89. The fourth-order valence-corrected chi connectivity index (χ4v) is 4.32. The summed E-state index contributed by atoms with van der Waals surface area (Å²) >= 11 is 0. The summed E-state index contributed by atoms with van der Waals surface area (Å²) in [7, 11) is -3.99. The van der Waals surface area contributed by atoms with Crippen LogP contribution in [0.15, 0.2) is 23.1 Å². The fourth-order valence-electron chi connectivity index (χ4n) is 2.71. The third kappa shape index (κ3) is 5.64. The standard InChI is InChI=1S/C17H24FN3O5S/c1-2-26-17(23)20-9-8-19-16(22)13-6-7-14(18)15(12-13)27(24,25)21-10-4-3-5-11-21/h6-7,12H,2-5,8-11H2,1H3,(H,19,22)(H,20,23). The minimum Gasteiger partial charge on any atom is -0.450 e. The van der Waals surface area contributed by atoms with Crippen LogP contribution in [0.3, 0.4) is 0 Å². The third-order valence-corrected chi connectivity index (χ3v) is 6.00. The molecule has 2 N–H and O–H groups in total. The lowest BCUT2D eigenvalue weighted by Gasteiger charge is -2.26. The van der Waals surface area contributed by atoms with E-state index in [1.807, 2.05) is 0 Å². The molecular weight excluding hydrogens is 377 g/mol. The number of hydrogen-bond acceptors (Lipinski definition) is 5. The van der Waals surface area contributed by atoms with E-state index in [0.29, 0.717) is 13.1 Å². The fraction of sp³-hybridized carbons (Fsp3) is 0.529. The molecule has 150 valence electrons. The number of halogens is 1. The molecule has 0 bridgehead atoms. The zero-order valence-electron chi connectivity index (χ0n) is 15.2. The van der Waals surface area contributed by atoms with Crippen molar-refractivity contribution in [1.82, 2.24) is 14.9 Å². The van der Waals surface area contributed by atoms with E-state index in [1.54, 1.807) is 6.92 Å². The number of hydrogen-bond donors (Lipinski definition) is 2. The van der Waals surface area contributed by atoms with Crippen molar-refractivity contribution >= 4 is 22.0 Å². The number of carbonyl (C=O) groups is 2. The van der Waals surface area contributed by atoms with Crippen LogP contribution in [0.2, 0.25) is 0 Å². The monoisotopic (exact) mass is 401 g/mol. The number of benzene rings is 1. The number of ether oxygens (including phenoxy) is 1. The van der Waals surface area contributed by atoms with Gasteiger partial charge in [0.25, 0.3) is 5.91 Å². The lowest BCUT2D eigenvalue weighted by Crippen LogP contribution is -2.36. The molecule has 0 spiro atoms. The number of piperidine rings is 1. The molecule has 1 aromatic rings. The number of nitrogens with zero attached hydrogens (tertiary/aromatic N) is 1. The summed E-state index contributed by atoms with van der Waals surface area (Å²) in [5, 5.41) is 4.97. The minimum absolute atomic E-state index is 0.0307. The van der Waals surface area contributed by atoms with Gasteiger partial charge in [-0.25, -0.2) is 17.6 Å². The maximum absolute atomic E-state index is 14.2. The Morgan fingerprint density at radius 3 is 2.48 bits per heavy atom. The van der Waals surface area contributed by atoms with Crippen molar-refractivity contribution in [2.45, 2.75) is 31.1 Å². The van der Waals surface area contributed by atoms with Gasteiger partial charge in [-0.15, -0.1) is 0 Å². The second-order valence-corrected chi connectivity index (χ2v) is 7.92. The summed E-state index contributed by atoms with van der Waals surface area (Å²) in [6, 6.07) is 3.24. The van der Waals surface area contributed by atoms with Gasteiger partial charge in [-0.05, 0) is 38.0 Å². The quantitative estimate of drug-likeness (QED) is 0.674. The summed E-state index contributed by atoms with van der Waals surface area (Å²) in [5.74, 6) is -1.45. The van der Waals surface area contributed by atoms with Gasteiger partial charge in [0, 0.05) is 31.7 Å². The van der Waals surface area contributed by atoms with Crippen LogP contribution < -0.4 is 10.6 Å². The second kappa shape index (κ2) is 9.65. The van der Waals surface area contributed by atoms with Gasteiger partial charge in [0.2, 0.25) is 10.0 Å². The molecule has 0 unspecified atom stereocenters. The molecule has 27 heavy (non-hydrogen) atoms.